The minimum absolute atomic E-state index is 0.104. The Labute approximate surface area is 159 Å². The largest absolute Gasteiger partial charge is 0.444 e. The highest BCUT2D eigenvalue weighted by Crippen LogP contribution is 2.29. The lowest BCUT2D eigenvalue weighted by molar-refractivity contribution is -0.117. The van der Waals surface area contributed by atoms with E-state index in [1.54, 1.807) is 39.0 Å². The summed E-state index contributed by atoms with van der Waals surface area (Å²) in [5.74, 6) is 0.114. The minimum Gasteiger partial charge on any atom is -0.444 e. The first kappa shape index (κ1) is 20.5. The van der Waals surface area contributed by atoms with Gasteiger partial charge >= 0.3 is 6.09 Å². The maximum atomic E-state index is 11.9. The molecule has 0 aliphatic heterocycles. The zero-order chi connectivity index (χ0) is 19.9. The molecule has 0 spiro atoms. The van der Waals surface area contributed by atoms with Gasteiger partial charge in [0.05, 0.1) is 0 Å². The van der Waals surface area contributed by atoms with E-state index >= 15 is 0 Å². The Kier molecular flexibility index (Phi) is 6.98. The van der Waals surface area contributed by atoms with Crippen molar-refractivity contribution >= 4 is 23.6 Å². The van der Waals surface area contributed by atoms with Crippen LogP contribution in [0.5, 0.6) is 0 Å². The number of carbonyl (C=O) groups excluding carboxylic acids is 3. The van der Waals surface area contributed by atoms with Gasteiger partial charge < -0.3 is 20.7 Å². The number of ether oxygens (including phenoxy) is 1. The smallest absolute Gasteiger partial charge is 0.408 e. The number of nitrogens with one attached hydrogen (secondary N) is 3. The second-order valence-corrected chi connectivity index (χ2v) is 7.51. The summed E-state index contributed by atoms with van der Waals surface area (Å²) in [5.41, 5.74) is 0.919. The monoisotopic (exact) mass is 373 g/mol. The molecule has 1 fully saturated rings. The van der Waals surface area contributed by atoms with Gasteiger partial charge in [0.1, 0.15) is 12.1 Å². The van der Waals surface area contributed by atoms with Crippen LogP contribution >= 0.6 is 0 Å². The Morgan fingerprint density at radius 3 is 2.37 bits per heavy atom. The molecule has 3 amide bonds. The molecule has 1 aliphatic rings. The highest BCUT2D eigenvalue weighted by molar-refractivity contribution is 5.93. The highest BCUT2D eigenvalue weighted by Gasteiger charge is 2.17. The van der Waals surface area contributed by atoms with Crippen LogP contribution in [-0.4, -0.2) is 30.1 Å². The molecule has 1 saturated carbocycles. The molecule has 1 aromatic carbocycles. The lowest BCUT2D eigenvalue weighted by Gasteiger charge is -2.19. The van der Waals surface area contributed by atoms with Gasteiger partial charge in [0.15, 0.2) is 0 Å². The molecule has 146 valence electrons. The maximum Gasteiger partial charge on any atom is 0.408 e. The van der Waals surface area contributed by atoms with Gasteiger partial charge in [0.25, 0.3) is 0 Å². The van der Waals surface area contributed by atoms with Crippen molar-refractivity contribution in [2.24, 2.45) is 5.92 Å². The molecule has 0 bridgehead atoms. The van der Waals surface area contributed by atoms with Gasteiger partial charge in [-0.3, -0.25) is 9.59 Å². The molecule has 2 rings (SSSR count). The van der Waals surface area contributed by atoms with Gasteiger partial charge in [-0.25, -0.2) is 4.79 Å². The summed E-state index contributed by atoms with van der Waals surface area (Å²) in [6, 6.07) is 7.13. The second-order valence-electron chi connectivity index (χ2n) is 7.51. The average molecular weight is 373 g/mol. The van der Waals surface area contributed by atoms with E-state index in [-0.39, 0.29) is 18.4 Å². The molecule has 0 radical (unpaired) electrons. The Morgan fingerprint density at radius 1 is 1.11 bits per heavy atom. The number of allylic oxidation sites excluding steroid dienone is 1. The Bertz CT molecular complexity index is 701. The summed E-state index contributed by atoms with van der Waals surface area (Å²) in [5, 5.41) is 7.90. The predicted molar refractivity (Wildman–Crippen MR) is 103 cm³/mol. The number of benzene rings is 1. The van der Waals surface area contributed by atoms with Gasteiger partial charge in [-0.15, -0.1) is 0 Å². The van der Waals surface area contributed by atoms with Crippen LogP contribution in [0.1, 0.15) is 39.2 Å². The van der Waals surface area contributed by atoms with Crippen molar-refractivity contribution in [3.8, 4) is 0 Å². The summed E-state index contributed by atoms with van der Waals surface area (Å²) in [4.78, 5) is 35.1. The van der Waals surface area contributed by atoms with Crippen LogP contribution in [0.15, 0.2) is 36.4 Å². The summed E-state index contributed by atoms with van der Waals surface area (Å²) >= 11 is 0. The van der Waals surface area contributed by atoms with Gasteiger partial charge in [-0.1, -0.05) is 18.2 Å². The van der Waals surface area contributed by atoms with Crippen molar-refractivity contribution in [2.45, 2.75) is 45.8 Å². The number of hydrogen-bond acceptors (Lipinski definition) is 4. The minimum atomic E-state index is -0.639. The molecule has 0 saturated heterocycles. The van der Waals surface area contributed by atoms with E-state index in [9.17, 15) is 14.4 Å². The van der Waals surface area contributed by atoms with Crippen molar-refractivity contribution in [1.82, 2.24) is 10.6 Å². The van der Waals surface area contributed by atoms with Gasteiger partial charge in [-0.05, 0) is 63.3 Å². The Balaban J connectivity index is 1.70. The number of hydrogen-bond donors (Lipinski definition) is 3. The molecule has 7 heteroatoms. The average Bonchev–Trinajstić information content (AvgIpc) is 3.40. The van der Waals surface area contributed by atoms with Crippen LogP contribution in [0.2, 0.25) is 0 Å². The van der Waals surface area contributed by atoms with E-state index in [4.69, 9.17) is 4.74 Å². The first-order valence-corrected chi connectivity index (χ1v) is 9.03. The summed E-state index contributed by atoms with van der Waals surface area (Å²) in [7, 11) is 0. The highest BCUT2D eigenvalue weighted by atomic mass is 16.6. The number of rotatable bonds is 7. The van der Waals surface area contributed by atoms with E-state index < -0.39 is 11.7 Å². The van der Waals surface area contributed by atoms with Crippen LogP contribution in [0.4, 0.5) is 10.5 Å². The quantitative estimate of drug-likeness (QED) is 0.640. The van der Waals surface area contributed by atoms with Crippen molar-refractivity contribution in [2.75, 3.05) is 11.9 Å². The summed E-state index contributed by atoms with van der Waals surface area (Å²) < 4.78 is 5.06. The number of carbonyl (C=O) groups is 3. The fourth-order valence-corrected chi connectivity index (χ4v) is 2.14. The molecular weight excluding hydrogens is 346 g/mol. The Morgan fingerprint density at radius 2 is 1.78 bits per heavy atom. The summed E-state index contributed by atoms with van der Waals surface area (Å²) in [6.45, 7) is 5.49. The molecule has 0 atom stereocenters. The third kappa shape index (κ3) is 8.89. The van der Waals surface area contributed by atoms with Crippen LogP contribution in [0.25, 0.3) is 0 Å². The molecule has 1 aromatic rings. The van der Waals surface area contributed by atoms with Gasteiger partial charge in [-0.2, -0.15) is 0 Å². The molecule has 0 heterocycles. The summed E-state index contributed by atoms with van der Waals surface area (Å²) in [6.07, 6.45) is 5.23. The van der Waals surface area contributed by atoms with Crippen molar-refractivity contribution in [3.05, 3.63) is 42.0 Å². The Hall–Kier alpha value is -2.83. The number of alkyl carbamates (subject to hydrolysis) is 1. The molecule has 0 aromatic heterocycles. The van der Waals surface area contributed by atoms with Gasteiger partial charge in [0, 0.05) is 12.2 Å². The van der Waals surface area contributed by atoms with E-state index in [0.717, 1.165) is 5.56 Å². The lowest BCUT2D eigenvalue weighted by atomic mass is 10.2. The molecule has 3 N–H and O–H groups in total. The SMILES string of the molecule is CC(C)(C)OC(=O)NCC(=O)Nc1ccc(CNC(=O)/C=C/C2CC2)cc1. The van der Waals surface area contributed by atoms with E-state index in [0.29, 0.717) is 18.2 Å². The van der Waals surface area contributed by atoms with E-state index in [1.165, 1.54) is 12.8 Å². The second kappa shape index (κ2) is 9.21. The third-order valence-corrected chi connectivity index (χ3v) is 3.64. The van der Waals surface area contributed by atoms with Crippen molar-refractivity contribution in [1.29, 1.82) is 0 Å². The van der Waals surface area contributed by atoms with E-state index in [2.05, 4.69) is 16.0 Å². The molecule has 7 nitrogen and oxygen atoms in total. The zero-order valence-corrected chi connectivity index (χ0v) is 16.0. The maximum absolute atomic E-state index is 11.9. The molecule has 1 aliphatic carbocycles. The van der Waals surface area contributed by atoms with Crippen molar-refractivity contribution < 1.29 is 19.1 Å². The predicted octanol–water partition coefficient (Wildman–Crippen LogP) is 2.73. The third-order valence-electron chi connectivity index (χ3n) is 3.64. The topological polar surface area (TPSA) is 96.5 Å². The first-order chi connectivity index (χ1) is 12.7. The molecular formula is C20H27N3O4. The fourth-order valence-electron chi connectivity index (χ4n) is 2.14. The fraction of sp³-hybridized carbons (Fsp3) is 0.450. The van der Waals surface area contributed by atoms with Crippen molar-refractivity contribution in [3.63, 3.8) is 0 Å². The lowest BCUT2D eigenvalue weighted by Crippen LogP contribution is -2.37. The zero-order valence-electron chi connectivity index (χ0n) is 16.0. The normalized spacial score (nSPS) is 13.9. The molecule has 27 heavy (non-hydrogen) atoms. The first-order valence-electron chi connectivity index (χ1n) is 9.03. The van der Waals surface area contributed by atoms with Gasteiger partial charge in [0.2, 0.25) is 11.8 Å². The molecule has 0 unspecified atom stereocenters. The number of anilines is 1. The van der Waals surface area contributed by atoms with Crippen LogP contribution < -0.4 is 16.0 Å². The van der Waals surface area contributed by atoms with Crippen LogP contribution in [-0.2, 0) is 20.9 Å². The standard InChI is InChI=1S/C20H27N3O4/c1-20(2,3)27-19(26)22-13-18(25)23-16-9-6-15(7-10-16)12-21-17(24)11-8-14-4-5-14/h6-11,14H,4-5,12-13H2,1-3H3,(H,21,24)(H,22,26)(H,23,25)/b11-8+. The number of amides is 3. The van der Waals surface area contributed by atoms with Crippen LogP contribution in [0.3, 0.4) is 0 Å². The van der Waals surface area contributed by atoms with Crippen LogP contribution in [0, 0.1) is 5.92 Å². The van der Waals surface area contributed by atoms with E-state index in [1.807, 2.05) is 18.2 Å².